The van der Waals surface area contributed by atoms with Gasteiger partial charge in [0.25, 0.3) is 5.91 Å². The third kappa shape index (κ3) is 3.23. The second kappa shape index (κ2) is 6.75. The van der Waals surface area contributed by atoms with Gasteiger partial charge in [0.1, 0.15) is 6.07 Å². The largest absolute Gasteiger partial charge is 0.319 e. The number of aryl methyl sites for hydroxylation is 1. The lowest BCUT2D eigenvalue weighted by Crippen LogP contribution is -2.15. The Hall–Kier alpha value is -3.17. The maximum Gasteiger partial charge on any atom is 0.278 e. The zero-order valence-electron chi connectivity index (χ0n) is 13.6. The Morgan fingerprint density at radius 1 is 1.24 bits per heavy atom. The summed E-state index contributed by atoms with van der Waals surface area (Å²) in [6.07, 6.45) is 0. The van der Waals surface area contributed by atoms with Crippen LogP contribution in [0.4, 0.5) is 5.69 Å². The molecule has 0 fully saturated rings. The molecule has 0 saturated carbocycles. The first kappa shape index (κ1) is 16.7. The van der Waals surface area contributed by atoms with Crippen LogP contribution in [0.5, 0.6) is 0 Å². The van der Waals surface area contributed by atoms with Crippen molar-refractivity contribution >= 4 is 23.2 Å². The van der Waals surface area contributed by atoms with E-state index >= 15 is 0 Å². The van der Waals surface area contributed by atoms with E-state index in [9.17, 15) is 4.79 Å². The van der Waals surface area contributed by atoms with Gasteiger partial charge in [-0.2, -0.15) is 5.26 Å². The van der Waals surface area contributed by atoms with Gasteiger partial charge in [0.2, 0.25) is 0 Å². The van der Waals surface area contributed by atoms with Crippen molar-refractivity contribution in [1.82, 2.24) is 15.0 Å². The number of anilines is 1. The van der Waals surface area contributed by atoms with Gasteiger partial charge >= 0.3 is 0 Å². The third-order valence-corrected chi connectivity index (χ3v) is 4.04. The molecule has 0 radical (unpaired) electrons. The van der Waals surface area contributed by atoms with Gasteiger partial charge in [-0.3, -0.25) is 4.79 Å². The fourth-order valence-electron chi connectivity index (χ4n) is 2.45. The first-order valence-corrected chi connectivity index (χ1v) is 7.88. The Morgan fingerprint density at radius 2 is 2.00 bits per heavy atom. The number of halogens is 1. The molecule has 1 heterocycles. The van der Waals surface area contributed by atoms with Crippen LogP contribution in [0, 0.1) is 25.2 Å². The quantitative estimate of drug-likeness (QED) is 0.780. The molecule has 7 heteroatoms. The van der Waals surface area contributed by atoms with E-state index in [0.29, 0.717) is 22.0 Å². The van der Waals surface area contributed by atoms with E-state index in [1.807, 2.05) is 19.1 Å². The zero-order valence-corrected chi connectivity index (χ0v) is 14.4. The van der Waals surface area contributed by atoms with E-state index in [-0.39, 0.29) is 5.69 Å². The van der Waals surface area contributed by atoms with Gasteiger partial charge in [0.15, 0.2) is 5.69 Å². The summed E-state index contributed by atoms with van der Waals surface area (Å²) in [7, 11) is 0. The Morgan fingerprint density at radius 3 is 2.76 bits per heavy atom. The van der Waals surface area contributed by atoms with Crippen LogP contribution in [0.1, 0.15) is 27.3 Å². The maximum atomic E-state index is 12.5. The molecule has 3 rings (SSSR count). The monoisotopic (exact) mass is 351 g/mol. The van der Waals surface area contributed by atoms with E-state index in [1.165, 1.54) is 0 Å². The van der Waals surface area contributed by atoms with Crippen LogP contribution in [0.15, 0.2) is 42.5 Å². The molecule has 0 bridgehead atoms. The number of hydrogen-bond acceptors (Lipinski definition) is 4. The van der Waals surface area contributed by atoms with Gasteiger partial charge in [-0.25, -0.2) is 4.68 Å². The SMILES string of the molecule is Cc1ccc(Cl)cc1-n1nnc(C(=O)Nc2ccccc2C#N)c1C. The predicted molar refractivity (Wildman–Crippen MR) is 95.0 cm³/mol. The van der Waals surface area contributed by atoms with E-state index in [1.54, 1.807) is 48.0 Å². The molecule has 25 heavy (non-hydrogen) atoms. The minimum atomic E-state index is -0.425. The van der Waals surface area contributed by atoms with Crippen molar-refractivity contribution in [3.8, 4) is 11.8 Å². The van der Waals surface area contributed by atoms with Crippen molar-refractivity contribution in [3.05, 3.63) is 70.0 Å². The summed E-state index contributed by atoms with van der Waals surface area (Å²) in [6, 6.07) is 14.3. The molecular formula is C18H14ClN5O. The number of nitriles is 1. The lowest BCUT2D eigenvalue weighted by atomic mass is 10.2. The van der Waals surface area contributed by atoms with Crippen LogP contribution < -0.4 is 5.32 Å². The number of carbonyl (C=O) groups is 1. The van der Waals surface area contributed by atoms with Gasteiger partial charge in [0, 0.05) is 5.02 Å². The predicted octanol–water partition coefficient (Wildman–Crippen LogP) is 3.66. The highest BCUT2D eigenvalue weighted by molar-refractivity contribution is 6.30. The van der Waals surface area contributed by atoms with E-state index < -0.39 is 5.91 Å². The minimum Gasteiger partial charge on any atom is -0.319 e. The minimum absolute atomic E-state index is 0.187. The zero-order chi connectivity index (χ0) is 18.0. The topological polar surface area (TPSA) is 83.6 Å². The number of para-hydroxylation sites is 1. The number of aromatic nitrogens is 3. The number of nitrogens with zero attached hydrogens (tertiary/aromatic N) is 4. The fourth-order valence-corrected chi connectivity index (χ4v) is 2.62. The second-order valence-electron chi connectivity index (χ2n) is 5.48. The number of rotatable bonds is 3. The summed E-state index contributed by atoms with van der Waals surface area (Å²) in [6.45, 7) is 3.68. The van der Waals surface area contributed by atoms with Gasteiger partial charge < -0.3 is 5.32 Å². The van der Waals surface area contributed by atoms with Crippen LogP contribution in [-0.2, 0) is 0 Å². The van der Waals surface area contributed by atoms with Crippen molar-refractivity contribution in [2.75, 3.05) is 5.32 Å². The molecule has 6 nitrogen and oxygen atoms in total. The molecule has 0 aliphatic heterocycles. The highest BCUT2D eigenvalue weighted by Crippen LogP contribution is 2.21. The van der Waals surface area contributed by atoms with Gasteiger partial charge in [-0.05, 0) is 43.7 Å². The molecule has 0 unspecified atom stereocenters. The number of nitrogens with one attached hydrogen (secondary N) is 1. The molecule has 2 aromatic carbocycles. The molecule has 0 atom stereocenters. The van der Waals surface area contributed by atoms with Gasteiger partial charge in [-0.15, -0.1) is 5.10 Å². The molecule has 0 saturated heterocycles. The number of hydrogen-bond donors (Lipinski definition) is 1. The molecule has 1 amide bonds. The molecule has 0 aliphatic carbocycles. The van der Waals surface area contributed by atoms with E-state index in [2.05, 4.69) is 15.6 Å². The average molecular weight is 352 g/mol. The van der Waals surface area contributed by atoms with Crippen molar-refractivity contribution in [1.29, 1.82) is 5.26 Å². The van der Waals surface area contributed by atoms with Crippen LogP contribution >= 0.6 is 11.6 Å². The molecule has 1 aromatic heterocycles. The Labute approximate surface area is 149 Å². The maximum absolute atomic E-state index is 12.5. The lowest BCUT2D eigenvalue weighted by Gasteiger charge is -2.08. The molecular weight excluding hydrogens is 338 g/mol. The Bertz CT molecular complexity index is 1000. The first-order valence-electron chi connectivity index (χ1n) is 7.50. The van der Waals surface area contributed by atoms with Crippen molar-refractivity contribution in [2.24, 2.45) is 0 Å². The Kier molecular flexibility index (Phi) is 4.50. The normalized spacial score (nSPS) is 10.3. The highest BCUT2D eigenvalue weighted by atomic mass is 35.5. The smallest absolute Gasteiger partial charge is 0.278 e. The molecule has 3 aromatic rings. The van der Waals surface area contributed by atoms with Crippen molar-refractivity contribution in [2.45, 2.75) is 13.8 Å². The standard InChI is InChI=1S/C18H14ClN5O/c1-11-7-8-14(19)9-16(11)24-12(2)17(22-23-24)18(25)21-15-6-4-3-5-13(15)10-20/h3-9H,1-2H3,(H,21,25). The van der Waals surface area contributed by atoms with E-state index in [4.69, 9.17) is 16.9 Å². The van der Waals surface area contributed by atoms with Crippen LogP contribution in [-0.4, -0.2) is 20.9 Å². The average Bonchev–Trinajstić information content (AvgIpc) is 2.99. The van der Waals surface area contributed by atoms with Gasteiger partial charge in [-0.1, -0.05) is 35.0 Å². The van der Waals surface area contributed by atoms with Crippen molar-refractivity contribution < 1.29 is 4.79 Å². The van der Waals surface area contributed by atoms with Gasteiger partial charge in [0.05, 0.1) is 22.6 Å². The number of carbonyl (C=O) groups excluding carboxylic acids is 1. The first-order chi connectivity index (χ1) is 12.0. The summed E-state index contributed by atoms with van der Waals surface area (Å²) in [5.41, 5.74) is 3.30. The summed E-state index contributed by atoms with van der Waals surface area (Å²) >= 11 is 6.06. The van der Waals surface area contributed by atoms with Crippen LogP contribution in [0.25, 0.3) is 5.69 Å². The summed E-state index contributed by atoms with van der Waals surface area (Å²) in [4.78, 5) is 12.5. The van der Waals surface area contributed by atoms with E-state index in [0.717, 1.165) is 11.3 Å². The van der Waals surface area contributed by atoms with Crippen molar-refractivity contribution in [3.63, 3.8) is 0 Å². The summed E-state index contributed by atoms with van der Waals surface area (Å²) in [5.74, 6) is -0.425. The Balaban J connectivity index is 1.95. The summed E-state index contributed by atoms with van der Waals surface area (Å²) < 4.78 is 1.58. The molecule has 1 N–H and O–H groups in total. The molecule has 0 spiro atoms. The number of benzene rings is 2. The van der Waals surface area contributed by atoms with Crippen LogP contribution in [0.3, 0.4) is 0 Å². The number of amides is 1. The highest BCUT2D eigenvalue weighted by Gasteiger charge is 2.19. The third-order valence-electron chi connectivity index (χ3n) is 3.80. The lowest BCUT2D eigenvalue weighted by molar-refractivity contribution is 0.102. The summed E-state index contributed by atoms with van der Waals surface area (Å²) in [5, 5.41) is 20.5. The fraction of sp³-hybridized carbons (Fsp3) is 0.111. The molecule has 0 aliphatic rings. The molecule has 124 valence electrons. The van der Waals surface area contributed by atoms with Crippen LogP contribution in [0.2, 0.25) is 5.02 Å². The second-order valence-corrected chi connectivity index (χ2v) is 5.91.